The van der Waals surface area contributed by atoms with E-state index in [1.54, 1.807) is 0 Å². The van der Waals surface area contributed by atoms with Crippen LogP contribution in [0.25, 0.3) is 0 Å². The second-order valence-electron chi connectivity index (χ2n) is 4.21. The summed E-state index contributed by atoms with van der Waals surface area (Å²) in [7, 11) is 0. The summed E-state index contributed by atoms with van der Waals surface area (Å²) < 4.78 is 1.04. The fraction of sp³-hybridized carbons (Fsp3) is 0.462. The third kappa shape index (κ3) is 4.48. The van der Waals surface area contributed by atoms with Crippen molar-refractivity contribution in [2.45, 2.75) is 33.1 Å². The number of nitrogens with two attached hydrogens (primary N) is 1. The van der Waals surface area contributed by atoms with Gasteiger partial charge in [0.15, 0.2) is 0 Å². The maximum atomic E-state index is 11.7. The lowest BCUT2D eigenvalue weighted by Crippen LogP contribution is -2.13. The monoisotopic (exact) mass is 298 g/mol. The summed E-state index contributed by atoms with van der Waals surface area (Å²) in [6.45, 7) is 4.63. The van der Waals surface area contributed by atoms with Gasteiger partial charge in [-0.15, -0.1) is 0 Å². The van der Waals surface area contributed by atoms with Crippen molar-refractivity contribution in [2.75, 3.05) is 11.9 Å². The number of halogens is 1. The number of hydrogen-bond donors (Lipinski definition) is 2. The van der Waals surface area contributed by atoms with Crippen LogP contribution in [0.4, 0.5) is 5.69 Å². The van der Waals surface area contributed by atoms with E-state index in [0.717, 1.165) is 34.1 Å². The van der Waals surface area contributed by atoms with Crippen LogP contribution in [0.1, 0.15) is 30.4 Å². The zero-order valence-corrected chi connectivity index (χ0v) is 11.9. The molecule has 0 heterocycles. The summed E-state index contributed by atoms with van der Waals surface area (Å²) in [5, 5.41) is 2.96. The Kier molecular flexibility index (Phi) is 5.65. The first kappa shape index (κ1) is 14.2. The number of aryl methyl sites for hydroxylation is 2. The van der Waals surface area contributed by atoms with E-state index < -0.39 is 0 Å². The molecule has 17 heavy (non-hydrogen) atoms. The van der Waals surface area contributed by atoms with E-state index in [9.17, 15) is 4.79 Å². The van der Waals surface area contributed by atoms with Crippen molar-refractivity contribution in [1.82, 2.24) is 0 Å². The minimum Gasteiger partial charge on any atom is -0.330 e. The molecule has 0 spiro atoms. The van der Waals surface area contributed by atoms with E-state index >= 15 is 0 Å². The van der Waals surface area contributed by atoms with E-state index in [-0.39, 0.29) is 5.91 Å². The Morgan fingerprint density at radius 1 is 1.29 bits per heavy atom. The molecular weight excluding hydrogens is 280 g/mol. The van der Waals surface area contributed by atoms with Gasteiger partial charge in [0.1, 0.15) is 0 Å². The standard InChI is InChI=1S/C13H19BrN2O/c1-9-7-11(14)8-10(2)13(9)16-12(17)5-3-4-6-15/h7-8H,3-6,15H2,1-2H3,(H,16,17). The minimum atomic E-state index is 0.0620. The highest BCUT2D eigenvalue weighted by Crippen LogP contribution is 2.25. The summed E-state index contributed by atoms with van der Waals surface area (Å²) in [5.41, 5.74) is 8.46. The van der Waals surface area contributed by atoms with Gasteiger partial charge < -0.3 is 11.1 Å². The van der Waals surface area contributed by atoms with Crippen LogP contribution in [0.5, 0.6) is 0 Å². The lowest BCUT2D eigenvalue weighted by Gasteiger charge is -2.12. The largest absolute Gasteiger partial charge is 0.330 e. The van der Waals surface area contributed by atoms with Gasteiger partial charge in [-0.1, -0.05) is 15.9 Å². The molecule has 4 heteroatoms. The maximum absolute atomic E-state index is 11.7. The molecule has 0 aromatic heterocycles. The SMILES string of the molecule is Cc1cc(Br)cc(C)c1NC(=O)CCCCN. The first-order chi connectivity index (χ1) is 8.04. The van der Waals surface area contributed by atoms with Gasteiger partial charge in [0.2, 0.25) is 5.91 Å². The Balaban J connectivity index is 2.65. The van der Waals surface area contributed by atoms with Crippen molar-refractivity contribution >= 4 is 27.5 Å². The van der Waals surface area contributed by atoms with Gasteiger partial charge >= 0.3 is 0 Å². The van der Waals surface area contributed by atoms with Gasteiger partial charge in [0.05, 0.1) is 0 Å². The first-order valence-corrected chi connectivity index (χ1v) is 6.60. The van der Waals surface area contributed by atoms with E-state index in [1.165, 1.54) is 0 Å². The van der Waals surface area contributed by atoms with Crippen LogP contribution in [0.15, 0.2) is 16.6 Å². The third-order valence-corrected chi connectivity index (χ3v) is 3.08. The number of rotatable bonds is 5. The van der Waals surface area contributed by atoms with Crippen molar-refractivity contribution in [2.24, 2.45) is 5.73 Å². The van der Waals surface area contributed by atoms with Gasteiger partial charge in [-0.05, 0) is 56.5 Å². The number of amides is 1. The third-order valence-electron chi connectivity index (χ3n) is 2.62. The zero-order valence-electron chi connectivity index (χ0n) is 10.3. The number of carbonyl (C=O) groups excluding carboxylic acids is 1. The normalized spacial score (nSPS) is 10.4. The summed E-state index contributed by atoms with van der Waals surface area (Å²) >= 11 is 3.44. The van der Waals surface area contributed by atoms with E-state index in [1.807, 2.05) is 26.0 Å². The van der Waals surface area contributed by atoms with E-state index in [4.69, 9.17) is 5.73 Å². The van der Waals surface area contributed by atoms with Crippen molar-refractivity contribution < 1.29 is 4.79 Å². The predicted octanol–water partition coefficient (Wildman–Crippen LogP) is 3.13. The minimum absolute atomic E-state index is 0.0620. The molecule has 0 aliphatic rings. The highest BCUT2D eigenvalue weighted by molar-refractivity contribution is 9.10. The molecule has 0 saturated carbocycles. The quantitative estimate of drug-likeness (QED) is 0.821. The Morgan fingerprint density at radius 3 is 2.41 bits per heavy atom. The molecule has 0 aliphatic carbocycles. The highest BCUT2D eigenvalue weighted by atomic mass is 79.9. The Morgan fingerprint density at radius 2 is 1.88 bits per heavy atom. The fourth-order valence-electron chi connectivity index (χ4n) is 1.74. The van der Waals surface area contributed by atoms with Gasteiger partial charge in [-0.25, -0.2) is 0 Å². The van der Waals surface area contributed by atoms with E-state index in [0.29, 0.717) is 13.0 Å². The highest BCUT2D eigenvalue weighted by Gasteiger charge is 2.08. The predicted molar refractivity (Wildman–Crippen MR) is 75.2 cm³/mol. The molecule has 1 aromatic rings. The molecule has 0 saturated heterocycles. The number of anilines is 1. The lowest BCUT2D eigenvalue weighted by molar-refractivity contribution is -0.116. The van der Waals surface area contributed by atoms with E-state index in [2.05, 4.69) is 21.2 Å². The molecule has 0 fully saturated rings. The van der Waals surface area contributed by atoms with Crippen LogP contribution >= 0.6 is 15.9 Å². The Labute approximate surface area is 111 Å². The molecule has 1 aromatic carbocycles. The molecule has 0 unspecified atom stereocenters. The topological polar surface area (TPSA) is 55.1 Å². The molecule has 94 valence electrons. The summed E-state index contributed by atoms with van der Waals surface area (Å²) in [6.07, 6.45) is 2.27. The Bertz CT molecular complexity index is 381. The number of hydrogen-bond acceptors (Lipinski definition) is 2. The number of nitrogens with one attached hydrogen (secondary N) is 1. The number of carbonyl (C=O) groups is 1. The summed E-state index contributed by atoms with van der Waals surface area (Å²) in [4.78, 5) is 11.7. The van der Waals surface area contributed by atoms with Gasteiger partial charge in [-0.2, -0.15) is 0 Å². The molecule has 0 bridgehead atoms. The van der Waals surface area contributed by atoms with Gasteiger partial charge in [0, 0.05) is 16.6 Å². The zero-order chi connectivity index (χ0) is 12.8. The molecule has 0 radical (unpaired) electrons. The van der Waals surface area contributed by atoms with Gasteiger partial charge in [0.25, 0.3) is 0 Å². The average Bonchev–Trinajstić information content (AvgIpc) is 2.24. The molecule has 0 aliphatic heterocycles. The Hall–Kier alpha value is -0.870. The van der Waals surface area contributed by atoms with Crippen LogP contribution in [0.3, 0.4) is 0 Å². The van der Waals surface area contributed by atoms with Crippen molar-refractivity contribution in [3.05, 3.63) is 27.7 Å². The maximum Gasteiger partial charge on any atom is 0.224 e. The van der Waals surface area contributed by atoms with Crippen LogP contribution in [-0.4, -0.2) is 12.5 Å². The molecule has 3 nitrogen and oxygen atoms in total. The van der Waals surface area contributed by atoms with Crippen LogP contribution in [0, 0.1) is 13.8 Å². The first-order valence-electron chi connectivity index (χ1n) is 5.81. The number of unbranched alkanes of at least 4 members (excludes halogenated alkanes) is 1. The van der Waals surface area contributed by atoms with Crippen molar-refractivity contribution in [1.29, 1.82) is 0 Å². The van der Waals surface area contributed by atoms with Crippen LogP contribution in [0.2, 0.25) is 0 Å². The molecule has 3 N–H and O–H groups in total. The van der Waals surface area contributed by atoms with Crippen molar-refractivity contribution in [3.63, 3.8) is 0 Å². The lowest BCUT2D eigenvalue weighted by atomic mass is 10.1. The molecule has 0 atom stereocenters. The fourth-order valence-corrected chi connectivity index (χ4v) is 2.43. The molecule has 1 amide bonds. The smallest absolute Gasteiger partial charge is 0.224 e. The number of benzene rings is 1. The van der Waals surface area contributed by atoms with Crippen molar-refractivity contribution in [3.8, 4) is 0 Å². The summed E-state index contributed by atoms with van der Waals surface area (Å²) in [5.74, 6) is 0.0620. The molecule has 1 rings (SSSR count). The second kappa shape index (κ2) is 6.77. The van der Waals surface area contributed by atoms with Crippen LogP contribution in [-0.2, 0) is 4.79 Å². The van der Waals surface area contributed by atoms with Crippen LogP contribution < -0.4 is 11.1 Å². The summed E-state index contributed by atoms with van der Waals surface area (Å²) in [6, 6.07) is 4.00. The molecular formula is C13H19BrN2O. The van der Waals surface area contributed by atoms with Gasteiger partial charge in [-0.3, -0.25) is 4.79 Å². The second-order valence-corrected chi connectivity index (χ2v) is 5.12. The average molecular weight is 299 g/mol.